The van der Waals surface area contributed by atoms with Crippen molar-refractivity contribution in [3.8, 4) is 17.2 Å². The lowest BCUT2D eigenvalue weighted by atomic mass is 10.1. The summed E-state index contributed by atoms with van der Waals surface area (Å²) in [4.78, 5) is 25.4. The average molecular weight is 370 g/mol. The second-order valence-corrected chi connectivity index (χ2v) is 6.38. The number of carbonyl (C=O) groups is 2. The molecule has 7 nitrogen and oxygen atoms in total. The van der Waals surface area contributed by atoms with Crippen LogP contribution in [-0.4, -0.2) is 61.2 Å². The van der Waals surface area contributed by atoms with Gasteiger partial charge < -0.3 is 19.5 Å². The fourth-order valence-corrected chi connectivity index (χ4v) is 3.31. The zero-order chi connectivity index (χ0) is 17.7. The first-order chi connectivity index (χ1) is 11.5. The molecular formula is C15H18N2O5S2. The smallest absolute Gasteiger partial charge is 0.251 e. The van der Waals surface area contributed by atoms with Crippen molar-refractivity contribution in [2.75, 3.05) is 40.2 Å². The molecule has 2 amide bonds. The van der Waals surface area contributed by atoms with Gasteiger partial charge in [-0.25, -0.2) is 0 Å². The molecule has 2 rings (SSSR count). The summed E-state index contributed by atoms with van der Waals surface area (Å²) in [6.07, 6.45) is 0. The summed E-state index contributed by atoms with van der Waals surface area (Å²) < 4.78 is 16.2. The maximum Gasteiger partial charge on any atom is 0.251 e. The summed E-state index contributed by atoms with van der Waals surface area (Å²) in [6, 6.07) is 3.14. The van der Waals surface area contributed by atoms with E-state index >= 15 is 0 Å². The lowest BCUT2D eigenvalue weighted by Crippen LogP contribution is -2.37. The van der Waals surface area contributed by atoms with Gasteiger partial charge in [-0.3, -0.25) is 14.5 Å². The number of nitrogens with one attached hydrogen (secondary N) is 1. The summed E-state index contributed by atoms with van der Waals surface area (Å²) in [7, 11) is 4.46. The molecule has 1 fully saturated rings. The number of hydrogen-bond donors (Lipinski definition) is 1. The zero-order valence-corrected chi connectivity index (χ0v) is 15.2. The number of thiocarbonyl (C=S) groups is 1. The third kappa shape index (κ3) is 3.90. The number of rotatable bonds is 7. The first-order valence-corrected chi connectivity index (χ1v) is 8.46. The number of hydrogen-bond acceptors (Lipinski definition) is 7. The van der Waals surface area contributed by atoms with Gasteiger partial charge in [0.05, 0.1) is 27.1 Å². The van der Waals surface area contributed by atoms with Crippen molar-refractivity contribution < 1.29 is 23.8 Å². The van der Waals surface area contributed by atoms with E-state index in [1.165, 1.54) is 38.0 Å². The first kappa shape index (κ1) is 18.3. The Labute approximate surface area is 149 Å². The molecule has 1 aromatic rings. The molecule has 0 bridgehead atoms. The molecule has 1 saturated heterocycles. The van der Waals surface area contributed by atoms with E-state index in [0.717, 1.165) is 0 Å². The minimum atomic E-state index is -0.306. The van der Waals surface area contributed by atoms with Gasteiger partial charge >= 0.3 is 0 Å². The molecule has 1 heterocycles. The number of nitrogens with zero attached hydrogens (tertiary/aromatic N) is 1. The van der Waals surface area contributed by atoms with Crippen LogP contribution in [0.15, 0.2) is 12.1 Å². The number of ether oxygens (including phenoxy) is 3. The quantitative estimate of drug-likeness (QED) is 0.725. The van der Waals surface area contributed by atoms with Crippen molar-refractivity contribution in [1.82, 2.24) is 10.2 Å². The summed E-state index contributed by atoms with van der Waals surface area (Å²) in [5.41, 5.74) is 0.370. The normalized spacial score (nSPS) is 13.9. The molecule has 0 unspecified atom stereocenters. The second kappa shape index (κ2) is 8.20. The molecule has 1 aliphatic rings. The Morgan fingerprint density at radius 3 is 2.33 bits per heavy atom. The predicted octanol–water partition coefficient (Wildman–Crippen LogP) is 1.30. The van der Waals surface area contributed by atoms with Crippen molar-refractivity contribution in [2.24, 2.45) is 0 Å². The fourth-order valence-electron chi connectivity index (χ4n) is 2.19. The van der Waals surface area contributed by atoms with Crippen LogP contribution >= 0.6 is 24.0 Å². The van der Waals surface area contributed by atoms with Gasteiger partial charge in [-0.05, 0) is 12.1 Å². The molecule has 0 radical (unpaired) electrons. The molecule has 0 aromatic heterocycles. The molecule has 1 aliphatic heterocycles. The molecule has 1 N–H and O–H groups in total. The number of methoxy groups -OCH3 is 3. The van der Waals surface area contributed by atoms with Gasteiger partial charge in [-0.2, -0.15) is 0 Å². The summed E-state index contributed by atoms with van der Waals surface area (Å²) >= 11 is 6.42. The highest BCUT2D eigenvalue weighted by Gasteiger charge is 2.26. The third-order valence-corrected chi connectivity index (χ3v) is 4.82. The maximum atomic E-state index is 12.3. The van der Waals surface area contributed by atoms with Crippen molar-refractivity contribution in [3.05, 3.63) is 17.7 Å². The van der Waals surface area contributed by atoms with Crippen molar-refractivity contribution >= 4 is 40.1 Å². The van der Waals surface area contributed by atoms with Gasteiger partial charge in [0.15, 0.2) is 11.5 Å². The van der Waals surface area contributed by atoms with Crippen molar-refractivity contribution in [1.29, 1.82) is 0 Å². The molecule has 130 valence electrons. The van der Waals surface area contributed by atoms with Crippen molar-refractivity contribution in [3.63, 3.8) is 0 Å². The molecule has 1 aromatic carbocycles. The van der Waals surface area contributed by atoms with Crippen LogP contribution in [0.1, 0.15) is 10.4 Å². The van der Waals surface area contributed by atoms with Crippen LogP contribution < -0.4 is 19.5 Å². The number of carbonyl (C=O) groups excluding carboxylic acids is 2. The Hall–Kier alpha value is -2.00. The summed E-state index contributed by atoms with van der Waals surface area (Å²) in [5, 5.41) is 2.75. The number of benzene rings is 1. The predicted molar refractivity (Wildman–Crippen MR) is 95.2 cm³/mol. The van der Waals surface area contributed by atoms with E-state index in [4.69, 9.17) is 26.4 Å². The fraction of sp³-hybridized carbons (Fsp3) is 0.400. The SMILES string of the molecule is COc1cc(C(=O)NCCN2C(=O)CSC2=S)cc(OC)c1OC. The highest BCUT2D eigenvalue weighted by atomic mass is 32.2. The van der Waals surface area contributed by atoms with Gasteiger partial charge in [0.25, 0.3) is 5.91 Å². The largest absolute Gasteiger partial charge is 0.493 e. The lowest BCUT2D eigenvalue weighted by molar-refractivity contribution is -0.123. The number of amides is 2. The molecule has 24 heavy (non-hydrogen) atoms. The molecular weight excluding hydrogens is 352 g/mol. The first-order valence-electron chi connectivity index (χ1n) is 7.07. The van der Waals surface area contributed by atoms with Crippen LogP contribution in [0, 0.1) is 0 Å². The molecule has 0 spiro atoms. The van der Waals surface area contributed by atoms with Crippen LogP contribution in [0.25, 0.3) is 0 Å². The van der Waals surface area contributed by atoms with Crippen LogP contribution in [-0.2, 0) is 4.79 Å². The van der Waals surface area contributed by atoms with Crippen LogP contribution in [0.4, 0.5) is 0 Å². The standard InChI is InChI=1S/C15H18N2O5S2/c1-20-10-6-9(7-11(21-2)13(10)22-3)14(19)16-4-5-17-12(18)8-24-15(17)23/h6-7H,4-5,8H2,1-3H3,(H,16,19). The van der Waals surface area contributed by atoms with Gasteiger partial charge in [0.1, 0.15) is 4.32 Å². The minimum Gasteiger partial charge on any atom is -0.493 e. The van der Waals surface area contributed by atoms with Crippen LogP contribution in [0.5, 0.6) is 17.2 Å². The van der Waals surface area contributed by atoms with E-state index in [0.29, 0.717) is 46.0 Å². The Bertz CT molecular complexity index is 624. The van der Waals surface area contributed by atoms with E-state index in [-0.39, 0.29) is 11.8 Å². The average Bonchev–Trinajstić information content (AvgIpc) is 2.91. The summed E-state index contributed by atoms with van der Waals surface area (Å²) in [6.45, 7) is 0.642. The monoisotopic (exact) mass is 370 g/mol. The van der Waals surface area contributed by atoms with E-state index in [2.05, 4.69) is 5.32 Å². The molecule has 0 aliphatic carbocycles. The van der Waals surface area contributed by atoms with Crippen LogP contribution in [0.2, 0.25) is 0 Å². The molecule has 0 saturated carbocycles. The highest BCUT2D eigenvalue weighted by molar-refractivity contribution is 8.23. The third-order valence-electron chi connectivity index (χ3n) is 3.39. The molecule has 9 heteroatoms. The van der Waals surface area contributed by atoms with E-state index < -0.39 is 0 Å². The van der Waals surface area contributed by atoms with Gasteiger partial charge in [0.2, 0.25) is 11.7 Å². The summed E-state index contributed by atoms with van der Waals surface area (Å²) in [5.74, 6) is 1.23. The lowest BCUT2D eigenvalue weighted by Gasteiger charge is -2.16. The zero-order valence-electron chi connectivity index (χ0n) is 13.6. The van der Waals surface area contributed by atoms with E-state index in [9.17, 15) is 9.59 Å². The number of thioether (sulfide) groups is 1. The second-order valence-electron chi connectivity index (χ2n) is 4.77. The minimum absolute atomic E-state index is 0.0352. The van der Waals surface area contributed by atoms with Gasteiger partial charge in [-0.15, -0.1) is 0 Å². The Balaban J connectivity index is 2.04. The van der Waals surface area contributed by atoms with Gasteiger partial charge in [0, 0.05) is 18.7 Å². The Morgan fingerprint density at radius 2 is 1.88 bits per heavy atom. The van der Waals surface area contributed by atoms with E-state index in [1.807, 2.05) is 0 Å². The maximum absolute atomic E-state index is 12.3. The van der Waals surface area contributed by atoms with Gasteiger partial charge in [-0.1, -0.05) is 24.0 Å². The topological polar surface area (TPSA) is 77.1 Å². The van der Waals surface area contributed by atoms with E-state index in [1.54, 1.807) is 12.1 Å². The Morgan fingerprint density at radius 1 is 1.25 bits per heavy atom. The highest BCUT2D eigenvalue weighted by Crippen LogP contribution is 2.38. The Kier molecular flexibility index (Phi) is 6.27. The molecule has 0 atom stereocenters. The van der Waals surface area contributed by atoms with Crippen molar-refractivity contribution in [2.45, 2.75) is 0 Å². The van der Waals surface area contributed by atoms with Crippen LogP contribution in [0.3, 0.4) is 0 Å².